The normalized spacial score (nSPS) is 22.6. The SMILES string of the molecule is O=C(c1ccc(F)cc1Cl)N1CCN(C(=O)C2CCCN2C(=O)C2CCCCC2)CC1. The number of carbonyl (C=O) groups excluding carboxylic acids is 3. The van der Waals surface area contributed by atoms with Crippen LogP contribution in [0.4, 0.5) is 4.39 Å². The first-order valence-corrected chi connectivity index (χ1v) is 11.7. The smallest absolute Gasteiger partial charge is 0.255 e. The Kier molecular flexibility index (Phi) is 6.80. The molecule has 0 N–H and O–H groups in total. The molecule has 6 nitrogen and oxygen atoms in total. The van der Waals surface area contributed by atoms with Crippen LogP contribution in [0, 0.1) is 11.7 Å². The van der Waals surface area contributed by atoms with Crippen LogP contribution < -0.4 is 0 Å². The molecule has 3 fully saturated rings. The molecule has 1 unspecified atom stereocenters. The summed E-state index contributed by atoms with van der Waals surface area (Å²) in [6.07, 6.45) is 6.82. The molecule has 0 radical (unpaired) electrons. The van der Waals surface area contributed by atoms with Crippen molar-refractivity contribution in [2.45, 2.75) is 51.0 Å². The number of carbonyl (C=O) groups is 3. The van der Waals surface area contributed by atoms with E-state index in [0.717, 1.165) is 38.2 Å². The van der Waals surface area contributed by atoms with Gasteiger partial charge in [-0.05, 0) is 43.9 Å². The number of hydrogen-bond acceptors (Lipinski definition) is 3. The van der Waals surface area contributed by atoms with E-state index in [-0.39, 0.29) is 40.3 Å². The van der Waals surface area contributed by atoms with Crippen LogP contribution in [0.1, 0.15) is 55.3 Å². The standard InChI is InChI=1S/C23H29ClFN3O3/c24-19-15-17(25)8-9-18(19)22(30)26-11-13-27(14-12-26)23(31)20-7-4-10-28(20)21(29)16-5-2-1-3-6-16/h8-9,15-16,20H,1-7,10-14H2. The first-order valence-electron chi connectivity index (χ1n) is 11.3. The number of hydrogen-bond donors (Lipinski definition) is 0. The molecule has 31 heavy (non-hydrogen) atoms. The van der Waals surface area contributed by atoms with E-state index in [1.807, 2.05) is 4.90 Å². The summed E-state index contributed by atoms with van der Waals surface area (Å²) in [6, 6.07) is 3.37. The number of piperazine rings is 1. The average Bonchev–Trinajstić information content (AvgIpc) is 3.28. The molecular weight excluding hydrogens is 421 g/mol. The van der Waals surface area contributed by atoms with Crippen LogP contribution in [0.25, 0.3) is 0 Å². The van der Waals surface area contributed by atoms with Crippen LogP contribution >= 0.6 is 11.6 Å². The third-order valence-corrected chi connectivity index (χ3v) is 7.13. The van der Waals surface area contributed by atoms with Crippen molar-refractivity contribution >= 4 is 29.3 Å². The Hall–Kier alpha value is -2.15. The van der Waals surface area contributed by atoms with Crippen LogP contribution in [0.3, 0.4) is 0 Å². The van der Waals surface area contributed by atoms with Gasteiger partial charge in [0.2, 0.25) is 11.8 Å². The minimum atomic E-state index is -0.485. The highest BCUT2D eigenvalue weighted by Gasteiger charge is 2.40. The Labute approximate surface area is 187 Å². The Balaban J connectivity index is 1.35. The average molecular weight is 450 g/mol. The van der Waals surface area contributed by atoms with Crippen LogP contribution in [-0.2, 0) is 9.59 Å². The van der Waals surface area contributed by atoms with E-state index in [9.17, 15) is 18.8 Å². The van der Waals surface area contributed by atoms with Crippen molar-refractivity contribution in [1.29, 1.82) is 0 Å². The number of halogens is 2. The van der Waals surface area contributed by atoms with E-state index >= 15 is 0 Å². The van der Waals surface area contributed by atoms with Gasteiger partial charge in [-0.2, -0.15) is 0 Å². The molecule has 4 rings (SSSR count). The summed E-state index contributed by atoms with van der Waals surface area (Å²) in [7, 11) is 0. The second-order valence-corrected chi connectivity index (χ2v) is 9.17. The molecule has 0 aromatic heterocycles. The Morgan fingerprint density at radius 3 is 2.19 bits per heavy atom. The number of nitrogens with zero attached hydrogens (tertiary/aromatic N) is 3. The third kappa shape index (κ3) is 4.71. The first-order chi connectivity index (χ1) is 15.0. The van der Waals surface area contributed by atoms with E-state index < -0.39 is 5.82 Å². The largest absolute Gasteiger partial charge is 0.337 e. The van der Waals surface area contributed by atoms with Gasteiger partial charge in [-0.3, -0.25) is 14.4 Å². The Morgan fingerprint density at radius 1 is 0.839 bits per heavy atom. The van der Waals surface area contributed by atoms with Gasteiger partial charge in [-0.15, -0.1) is 0 Å². The van der Waals surface area contributed by atoms with Gasteiger partial charge in [0.1, 0.15) is 11.9 Å². The van der Waals surface area contributed by atoms with Gasteiger partial charge >= 0.3 is 0 Å². The highest BCUT2D eigenvalue weighted by molar-refractivity contribution is 6.33. The van der Waals surface area contributed by atoms with E-state index in [1.165, 1.54) is 18.6 Å². The fourth-order valence-corrected chi connectivity index (χ4v) is 5.29. The molecule has 2 aliphatic heterocycles. The maximum Gasteiger partial charge on any atom is 0.255 e. The molecule has 168 valence electrons. The van der Waals surface area contributed by atoms with Crippen molar-refractivity contribution in [2.24, 2.45) is 5.92 Å². The van der Waals surface area contributed by atoms with Crippen molar-refractivity contribution in [3.8, 4) is 0 Å². The van der Waals surface area contributed by atoms with Crippen molar-refractivity contribution in [3.63, 3.8) is 0 Å². The Bertz CT molecular complexity index is 850. The predicted molar refractivity (Wildman–Crippen MR) is 115 cm³/mol. The molecule has 3 aliphatic rings. The lowest BCUT2D eigenvalue weighted by molar-refractivity contribution is -0.147. The number of benzene rings is 1. The number of rotatable bonds is 3. The molecule has 1 aromatic carbocycles. The molecule has 1 aromatic rings. The highest BCUT2D eigenvalue weighted by Crippen LogP contribution is 2.29. The zero-order chi connectivity index (χ0) is 22.0. The summed E-state index contributed by atoms with van der Waals surface area (Å²) in [5.41, 5.74) is 0.267. The molecule has 0 bridgehead atoms. The van der Waals surface area contributed by atoms with Crippen molar-refractivity contribution in [1.82, 2.24) is 14.7 Å². The second kappa shape index (κ2) is 9.55. The van der Waals surface area contributed by atoms with Crippen molar-refractivity contribution in [2.75, 3.05) is 32.7 Å². The number of amides is 3. The minimum absolute atomic E-state index is 0.00595. The molecule has 3 amide bonds. The summed E-state index contributed by atoms with van der Waals surface area (Å²) < 4.78 is 13.3. The van der Waals surface area contributed by atoms with Gasteiger partial charge in [-0.25, -0.2) is 4.39 Å². The molecule has 0 spiro atoms. The minimum Gasteiger partial charge on any atom is -0.337 e. The number of likely N-dealkylation sites (tertiary alicyclic amines) is 1. The highest BCUT2D eigenvalue weighted by atomic mass is 35.5. The third-order valence-electron chi connectivity index (χ3n) is 6.82. The molecule has 8 heteroatoms. The maximum atomic E-state index is 13.3. The lowest BCUT2D eigenvalue weighted by Gasteiger charge is -2.38. The predicted octanol–water partition coefficient (Wildman–Crippen LogP) is 3.33. The Morgan fingerprint density at radius 2 is 1.52 bits per heavy atom. The van der Waals surface area contributed by atoms with Gasteiger partial charge in [0.15, 0.2) is 0 Å². The molecule has 1 aliphatic carbocycles. The zero-order valence-corrected chi connectivity index (χ0v) is 18.5. The summed E-state index contributed by atoms with van der Waals surface area (Å²) in [5.74, 6) is -0.533. The molecule has 1 atom stereocenters. The summed E-state index contributed by atoms with van der Waals surface area (Å²) >= 11 is 6.03. The van der Waals surface area contributed by atoms with Gasteiger partial charge in [0.05, 0.1) is 10.6 Å². The fraction of sp³-hybridized carbons (Fsp3) is 0.609. The summed E-state index contributed by atoms with van der Waals surface area (Å²) in [5, 5.41) is 0.0892. The molecule has 1 saturated carbocycles. The van der Waals surface area contributed by atoms with E-state index in [2.05, 4.69) is 0 Å². The monoisotopic (exact) mass is 449 g/mol. The lowest BCUT2D eigenvalue weighted by atomic mass is 9.88. The van der Waals surface area contributed by atoms with Crippen LogP contribution in [0.15, 0.2) is 18.2 Å². The van der Waals surface area contributed by atoms with Crippen LogP contribution in [-0.4, -0.2) is 71.2 Å². The second-order valence-electron chi connectivity index (χ2n) is 8.77. The molecule has 2 heterocycles. The fourth-order valence-electron chi connectivity index (χ4n) is 5.05. The van der Waals surface area contributed by atoms with E-state index in [4.69, 9.17) is 11.6 Å². The first kappa shape index (κ1) is 22.1. The van der Waals surface area contributed by atoms with Crippen molar-refractivity contribution in [3.05, 3.63) is 34.6 Å². The van der Waals surface area contributed by atoms with E-state index in [0.29, 0.717) is 39.1 Å². The van der Waals surface area contributed by atoms with Gasteiger partial charge in [0, 0.05) is 38.6 Å². The summed E-state index contributed by atoms with van der Waals surface area (Å²) in [4.78, 5) is 44.2. The van der Waals surface area contributed by atoms with Crippen LogP contribution in [0.2, 0.25) is 5.02 Å². The van der Waals surface area contributed by atoms with E-state index in [1.54, 1.807) is 9.80 Å². The lowest BCUT2D eigenvalue weighted by Crippen LogP contribution is -2.55. The molecular formula is C23H29ClFN3O3. The van der Waals surface area contributed by atoms with Gasteiger partial charge in [-0.1, -0.05) is 30.9 Å². The van der Waals surface area contributed by atoms with Gasteiger partial charge in [0.25, 0.3) is 5.91 Å². The zero-order valence-electron chi connectivity index (χ0n) is 17.7. The topological polar surface area (TPSA) is 60.9 Å². The summed E-state index contributed by atoms with van der Waals surface area (Å²) in [6.45, 7) is 2.28. The molecule has 2 saturated heterocycles. The quantitative estimate of drug-likeness (QED) is 0.711. The maximum absolute atomic E-state index is 13.3. The van der Waals surface area contributed by atoms with Crippen LogP contribution in [0.5, 0.6) is 0 Å². The van der Waals surface area contributed by atoms with Crippen molar-refractivity contribution < 1.29 is 18.8 Å². The van der Waals surface area contributed by atoms with Gasteiger partial charge < -0.3 is 14.7 Å².